The van der Waals surface area contributed by atoms with Crippen LogP contribution >= 0.6 is 0 Å². The van der Waals surface area contributed by atoms with Crippen LogP contribution in [-0.4, -0.2) is 0 Å². The van der Waals surface area contributed by atoms with Crippen molar-refractivity contribution in [2.24, 2.45) is 0 Å². The van der Waals surface area contributed by atoms with Gasteiger partial charge < -0.3 is 0 Å². The van der Waals surface area contributed by atoms with E-state index in [9.17, 15) is 0 Å². The van der Waals surface area contributed by atoms with Crippen molar-refractivity contribution in [3.8, 4) is 0 Å². The first-order valence-corrected chi connectivity index (χ1v) is 14.2. The average Bonchev–Trinajstić information content (AvgIpc) is 2.93. The number of hydrogen-bond acceptors (Lipinski definition) is 0. The molecule has 0 N–H and O–H groups in total. The number of rotatable bonds is 2. The van der Waals surface area contributed by atoms with Gasteiger partial charge in [-0.2, -0.15) is 0 Å². The van der Waals surface area contributed by atoms with E-state index in [0.717, 1.165) is 0 Å². The fraction of sp³-hybridized carbons (Fsp3) is 0.143. The van der Waals surface area contributed by atoms with E-state index in [0.29, 0.717) is 3.63 Å². The van der Waals surface area contributed by atoms with E-state index < -0.39 is 21.8 Å². The van der Waals surface area contributed by atoms with Gasteiger partial charge in [-0.05, 0) is 0 Å². The van der Waals surface area contributed by atoms with Gasteiger partial charge in [0.2, 0.25) is 0 Å². The molecule has 1 unspecified atom stereocenters. The summed E-state index contributed by atoms with van der Waals surface area (Å²) in [4.78, 5) is 0. The number of allylic oxidation sites excluding steroid dienone is 1. The van der Waals surface area contributed by atoms with Crippen LogP contribution in [0.15, 0.2) is 66.7 Å². The number of fused-ring (bicyclic) bond motifs is 2. The molecule has 4 rings (SSSR count). The second kappa shape index (κ2) is 5.63. The molecule has 0 saturated carbocycles. The van der Waals surface area contributed by atoms with Crippen molar-refractivity contribution in [3.05, 3.63) is 83.4 Å². The fourth-order valence-electron chi connectivity index (χ4n) is 3.66. The molecule has 0 nitrogen and oxygen atoms in total. The van der Waals surface area contributed by atoms with Crippen molar-refractivity contribution in [1.29, 1.82) is 0 Å². The molecule has 3 aromatic carbocycles. The topological polar surface area (TPSA) is 0 Å². The first kappa shape index (κ1) is 14.2. The Morgan fingerprint density at radius 2 is 1.50 bits per heavy atom. The first-order chi connectivity index (χ1) is 10.8. The van der Waals surface area contributed by atoms with Gasteiger partial charge in [-0.15, -0.1) is 0 Å². The molecular weight excluding hydrogens is 343 g/mol. The third kappa shape index (κ3) is 2.23. The normalized spacial score (nSPS) is 16.5. The van der Waals surface area contributed by atoms with Crippen LogP contribution in [-0.2, 0) is 21.8 Å². The second-order valence-electron chi connectivity index (χ2n) is 6.27. The fourth-order valence-corrected chi connectivity index (χ4v) is 7.95. The Morgan fingerprint density at radius 1 is 0.773 bits per heavy atom. The Hall–Kier alpha value is -1.46. The maximum atomic E-state index is 2.52. The van der Waals surface area contributed by atoms with Gasteiger partial charge in [0.25, 0.3) is 0 Å². The molecule has 0 radical (unpaired) electrons. The van der Waals surface area contributed by atoms with Crippen LogP contribution in [0.2, 0.25) is 9.26 Å². The molecule has 22 heavy (non-hydrogen) atoms. The summed E-state index contributed by atoms with van der Waals surface area (Å²) in [5, 5.41) is 2.73. The molecule has 0 spiro atoms. The molecule has 1 aliphatic rings. The Labute approximate surface area is 140 Å². The van der Waals surface area contributed by atoms with Gasteiger partial charge in [0.05, 0.1) is 0 Å². The molecule has 0 amide bonds. The van der Waals surface area contributed by atoms with Crippen molar-refractivity contribution in [3.63, 3.8) is 0 Å². The molecule has 0 bridgehead atoms. The van der Waals surface area contributed by atoms with Gasteiger partial charge in [-0.3, -0.25) is 0 Å². The molecule has 1 heteroatoms. The van der Waals surface area contributed by atoms with E-state index in [2.05, 4.69) is 82.1 Å². The first-order valence-electron chi connectivity index (χ1n) is 7.84. The summed E-state index contributed by atoms with van der Waals surface area (Å²) < 4.78 is 5.73. The van der Waals surface area contributed by atoms with E-state index in [-0.39, 0.29) is 0 Å². The van der Waals surface area contributed by atoms with Crippen LogP contribution in [0.1, 0.15) is 20.3 Å². The molecule has 0 heterocycles. The molecule has 3 aromatic rings. The van der Waals surface area contributed by atoms with E-state index in [4.69, 9.17) is 0 Å². The van der Waals surface area contributed by atoms with Crippen LogP contribution in [0.5, 0.6) is 0 Å². The van der Waals surface area contributed by atoms with E-state index >= 15 is 0 Å². The molecular formula is C21H19Zr. The molecule has 0 saturated heterocycles. The number of hydrogen-bond donors (Lipinski definition) is 0. The van der Waals surface area contributed by atoms with Gasteiger partial charge in [0.1, 0.15) is 0 Å². The predicted molar refractivity (Wildman–Crippen MR) is 92.7 cm³/mol. The Bertz CT molecular complexity index is 868. The van der Waals surface area contributed by atoms with E-state index in [1.165, 1.54) is 21.9 Å². The quantitative estimate of drug-likeness (QED) is 0.513. The zero-order chi connectivity index (χ0) is 15.1. The molecule has 1 aliphatic carbocycles. The summed E-state index contributed by atoms with van der Waals surface area (Å²) in [7, 11) is 0. The van der Waals surface area contributed by atoms with Gasteiger partial charge in [0, 0.05) is 0 Å². The van der Waals surface area contributed by atoms with Gasteiger partial charge in [-0.1, -0.05) is 0 Å². The van der Waals surface area contributed by atoms with Crippen LogP contribution < -0.4 is 0 Å². The third-order valence-corrected chi connectivity index (χ3v) is 8.97. The van der Waals surface area contributed by atoms with Crippen molar-refractivity contribution in [2.75, 3.05) is 0 Å². The molecule has 0 fully saturated rings. The summed E-state index contributed by atoms with van der Waals surface area (Å²) in [5.41, 5.74) is 5.97. The molecule has 0 aliphatic heterocycles. The zero-order valence-corrected chi connectivity index (χ0v) is 15.5. The summed E-state index contributed by atoms with van der Waals surface area (Å²) in [6, 6.07) is 24.4. The summed E-state index contributed by atoms with van der Waals surface area (Å²) in [6.45, 7) is 0. The van der Waals surface area contributed by atoms with Crippen LogP contribution in [0.25, 0.3) is 22.4 Å². The monoisotopic (exact) mass is 361 g/mol. The summed E-state index contributed by atoms with van der Waals surface area (Å²) >= 11 is -1.43. The van der Waals surface area contributed by atoms with Crippen molar-refractivity contribution in [1.82, 2.24) is 0 Å². The summed E-state index contributed by atoms with van der Waals surface area (Å²) in [5.74, 6) is 0. The minimum atomic E-state index is -1.43. The Balaban J connectivity index is 1.95. The van der Waals surface area contributed by atoms with Crippen molar-refractivity contribution < 1.29 is 21.8 Å². The van der Waals surface area contributed by atoms with Crippen molar-refractivity contribution in [2.45, 2.75) is 12.9 Å². The SMILES string of the molecule is [CH3][Zr]([CH3])[CH]1C(c2cccc3ccccc23)=Cc2ccccc21. The molecule has 1 atom stereocenters. The van der Waals surface area contributed by atoms with E-state index in [1.807, 2.05) is 0 Å². The van der Waals surface area contributed by atoms with E-state index in [1.54, 1.807) is 11.1 Å². The Morgan fingerprint density at radius 3 is 2.36 bits per heavy atom. The van der Waals surface area contributed by atoms with Gasteiger partial charge in [-0.25, -0.2) is 0 Å². The second-order valence-corrected chi connectivity index (χ2v) is 13.0. The summed E-state index contributed by atoms with van der Waals surface area (Å²) in [6.07, 6.45) is 2.44. The van der Waals surface area contributed by atoms with Crippen LogP contribution in [0.4, 0.5) is 0 Å². The van der Waals surface area contributed by atoms with Crippen molar-refractivity contribution >= 4 is 22.4 Å². The maximum absolute atomic E-state index is 2.52. The van der Waals surface area contributed by atoms with Crippen LogP contribution in [0, 0.1) is 0 Å². The standard InChI is InChI=1S/C19H13.2CH3.Zr/c1-2-8-16-13-17(12-15(16)7-1)19-11-5-9-14-6-3-4-10-18(14)19;;;/h1-13H;2*1H3;. The minimum absolute atomic E-state index is 0.685. The average molecular weight is 363 g/mol. The predicted octanol–water partition coefficient (Wildman–Crippen LogP) is 6.15. The van der Waals surface area contributed by atoms with Gasteiger partial charge >= 0.3 is 140 Å². The Kier molecular flexibility index (Phi) is 3.62. The third-order valence-electron chi connectivity index (χ3n) is 4.61. The van der Waals surface area contributed by atoms with Crippen LogP contribution in [0.3, 0.4) is 0 Å². The van der Waals surface area contributed by atoms with Gasteiger partial charge in [0.15, 0.2) is 0 Å². The number of benzene rings is 3. The zero-order valence-electron chi connectivity index (χ0n) is 13.0. The molecule has 0 aromatic heterocycles. The molecule has 107 valence electrons.